The monoisotopic (exact) mass is 319 g/mol. The molecule has 1 heterocycles. The molecule has 4 heteroatoms. The molecular weight excluding hydrogens is 302 g/mol. The highest BCUT2D eigenvalue weighted by molar-refractivity contribution is 6.04. The van der Waals surface area contributed by atoms with Gasteiger partial charge in [-0.2, -0.15) is 0 Å². The summed E-state index contributed by atoms with van der Waals surface area (Å²) >= 11 is 0. The quantitative estimate of drug-likeness (QED) is 0.753. The number of phenolic OH excluding ortho intramolecular Hbond substituents is 2. The molecule has 3 aromatic carbocycles. The molecule has 0 saturated carbocycles. The highest BCUT2D eigenvalue weighted by Crippen LogP contribution is 2.41. The predicted molar refractivity (Wildman–Crippen MR) is 95.4 cm³/mol. The van der Waals surface area contributed by atoms with Crippen LogP contribution >= 0.6 is 0 Å². The van der Waals surface area contributed by atoms with E-state index in [1.165, 1.54) is 0 Å². The molecule has 1 aliphatic rings. The van der Waals surface area contributed by atoms with Crippen LogP contribution in [-0.2, 0) is 6.42 Å². The maximum Gasteiger partial charge on any atom is 0.130 e. The van der Waals surface area contributed by atoms with E-state index in [2.05, 4.69) is 4.99 Å². The number of phenols is 2. The zero-order chi connectivity index (χ0) is 16.7. The molecule has 2 N–H and O–H groups in total. The second kappa shape index (κ2) is 5.57. The first-order chi connectivity index (χ1) is 11.7. The standard InChI is InChI=1S/C20H17NO3/c1-24-19-4-2-3-15-13(6-8-18(23)20(15)19)12-5-7-17(22)16-11-21-10-9-14(12)16/h2-8,11,22-23H,9-10H2,1H3. The number of methoxy groups -OCH3 is 1. The number of ether oxygens (including phenoxy) is 1. The van der Waals surface area contributed by atoms with Gasteiger partial charge in [-0.1, -0.05) is 24.3 Å². The Morgan fingerprint density at radius 1 is 0.958 bits per heavy atom. The Hall–Kier alpha value is -3.01. The van der Waals surface area contributed by atoms with E-state index in [0.717, 1.165) is 34.1 Å². The van der Waals surface area contributed by atoms with Crippen molar-refractivity contribution >= 4 is 17.0 Å². The fourth-order valence-corrected chi connectivity index (χ4v) is 3.41. The Morgan fingerprint density at radius 3 is 2.58 bits per heavy atom. The van der Waals surface area contributed by atoms with E-state index in [-0.39, 0.29) is 11.5 Å². The van der Waals surface area contributed by atoms with Gasteiger partial charge in [-0.25, -0.2) is 0 Å². The van der Waals surface area contributed by atoms with Crippen molar-refractivity contribution in [1.82, 2.24) is 0 Å². The first-order valence-electron chi connectivity index (χ1n) is 7.84. The van der Waals surface area contributed by atoms with Gasteiger partial charge in [0, 0.05) is 18.3 Å². The Morgan fingerprint density at radius 2 is 1.75 bits per heavy atom. The summed E-state index contributed by atoms with van der Waals surface area (Å²) < 4.78 is 5.41. The number of fused-ring (bicyclic) bond motifs is 2. The van der Waals surface area contributed by atoms with E-state index >= 15 is 0 Å². The van der Waals surface area contributed by atoms with E-state index in [1.807, 2.05) is 30.3 Å². The highest BCUT2D eigenvalue weighted by atomic mass is 16.5. The second-order valence-electron chi connectivity index (χ2n) is 5.82. The predicted octanol–water partition coefficient (Wildman–Crippen LogP) is 3.90. The molecule has 4 rings (SSSR count). The minimum absolute atomic E-state index is 0.195. The van der Waals surface area contributed by atoms with Crippen LogP contribution in [0.2, 0.25) is 0 Å². The van der Waals surface area contributed by atoms with Crippen LogP contribution in [0, 0.1) is 0 Å². The summed E-state index contributed by atoms with van der Waals surface area (Å²) in [6, 6.07) is 13.0. The summed E-state index contributed by atoms with van der Waals surface area (Å²) in [5, 5.41) is 22.0. The average molecular weight is 319 g/mol. The lowest BCUT2D eigenvalue weighted by atomic mass is 9.89. The molecule has 3 aromatic rings. The van der Waals surface area contributed by atoms with Crippen molar-refractivity contribution in [3.63, 3.8) is 0 Å². The number of aliphatic imine (C=N–C) groups is 1. The fraction of sp³-hybridized carbons (Fsp3) is 0.150. The first kappa shape index (κ1) is 14.6. The summed E-state index contributed by atoms with van der Waals surface area (Å²) in [4.78, 5) is 4.27. The second-order valence-corrected chi connectivity index (χ2v) is 5.82. The van der Waals surface area contributed by atoms with Crippen LogP contribution in [0.5, 0.6) is 17.2 Å². The zero-order valence-corrected chi connectivity index (χ0v) is 13.3. The largest absolute Gasteiger partial charge is 0.507 e. The van der Waals surface area contributed by atoms with Gasteiger partial charge in [-0.3, -0.25) is 4.99 Å². The van der Waals surface area contributed by atoms with Crippen molar-refractivity contribution in [3.05, 3.63) is 53.6 Å². The Bertz CT molecular complexity index is 976. The summed E-state index contributed by atoms with van der Waals surface area (Å²) in [7, 11) is 1.60. The normalized spacial score (nSPS) is 13.0. The maximum absolute atomic E-state index is 10.3. The molecule has 0 radical (unpaired) electrons. The summed E-state index contributed by atoms with van der Waals surface area (Å²) in [5.41, 5.74) is 3.92. The smallest absolute Gasteiger partial charge is 0.130 e. The molecule has 120 valence electrons. The van der Waals surface area contributed by atoms with Crippen LogP contribution in [0.15, 0.2) is 47.5 Å². The fourth-order valence-electron chi connectivity index (χ4n) is 3.41. The van der Waals surface area contributed by atoms with E-state index in [9.17, 15) is 10.2 Å². The van der Waals surface area contributed by atoms with Crippen molar-refractivity contribution in [1.29, 1.82) is 0 Å². The molecular formula is C20H17NO3. The van der Waals surface area contributed by atoms with Gasteiger partial charge >= 0.3 is 0 Å². The highest BCUT2D eigenvalue weighted by Gasteiger charge is 2.18. The number of hydrogen-bond acceptors (Lipinski definition) is 4. The first-order valence-corrected chi connectivity index (χ1v) is 7.84. The Kier molecular flexibility index (Phi) is 3.38. The van der Waals surface area contributed by atoms with Gasteiger partial charge in [0.15, 0.2) is 0 Å². The summed E-state index contributed by atoms with van der Waals surface area (Å²) in [5.74, 6) is 1.08. The molecule has 0 atom stereocenters. The van der Waals surface area contributed by atoms with Crippen LogP contribution in [0.1, 0.15) is 11.1 Å². The molecule has 0 aliphatic carbocycles. The molecule has 24 heavy (non-hydrogen) atoms. The van der Waals surface area contributed by atoms with Crippen LogP contribution in [-0.4, -0.2) is 30.1 Å². The van der Waals surface area contributed by atoms with Crippen molar-refractivity contribution in [2.45, 2.75) is 6.42 Å². The minimum atomic E-state index is 0.195. The third-order valence-electron chi connectivity index (χ3n) is 4.54. The summed E-state index contributed by atoms with van der Waals surface area (Å²) in [6.07, 6.45) is 2.52. The molecule has 0 amide bonds. The van der Waals surface area contributed by atoms with E-state index in [1.54, 1.807) is 25.5 Å². The van der Waals surface area contributed by atoms with E-state index < -0.39 is 0 Å². The van der Waals surface area contributed by atoms with Gasteiger partial charge in [-0.05, 0) is 46.7 Å². The number of rotatable bonds is 2. The molecule has 0 spiro atoms. The van der Waals surface area contributed by atoms with Gasteiger partial charge in [0.25, 0.3) is 0 Å². The van der Waals surface area contributed by atoms with Crippen molar-refractivity contribution in [2.75, 3.05) is 13.7 Å². The van der Waals surface area contributed by atoms with Gasteiger partial charge in [0.1, 0.15) is 17.2 Å². The lowest BCUT2D eigenvalue weighted by Gasteiger charge is -2.18. The van der Waals surface area contributed by atoms with Gasteiger partial charge in [0.05, 0.1) is 12.5 Å². The molecule has 0 fully saturated rings. The van der Waals surface area contributed by atoms with Gasteiger partial charge in [0.2, 0.25) is 0 Å². The number of benzene rings is 3. The van der Waals surface area contributed by atoms with E-state index in [0.29, 0.717) is 17.7 Å². The van der Waals surface area contributed by atoms with Crippen molar-refractivity contribution in [2.24, 2.45) is 4.99 Å². The van der Waals surface area contributed by atoms with E-state index in [4.69, 9.17) is 4.74 Å². The number of nitrogens with zero attached hydrogens (tertiary/aromatic N) is 1. The lowest BCUT2D eigenvalue weighted by molar-refractivity contribution is 0.416. The van der Waals surface area contributed by atoms with Crippen LogP contribution in [0.4, 0.5) is 0 Å². The molecule has 4 nitrogen and oxygen atoms in total. The molecule has 0 unspecified atom stereocenters. The SMILES string of the molecule is COc1cccc2c(-c3ccc(O)c4c3CCN=C4)ccc(O)c12. The Labute approximate surface area is 139 Å². The zero-order valence-electron chi connectivity index (χ0n) is 13.3. The average Bonchev–Trinajstić information content (AvgIpc) is 2.63. The summed E-state index contributed by atoms with van der Waals surface area (Å²) in [6.45, 7) is 0.711. The van der Waals surface area contributed by atoms with Crippen LogP contribution in [0.25, 0.3) is 21.9 Å². The van der Waals surface area contributed by atoms with Gasteiger partial charge in [-0.15, -0.1) is 0 Å². The third-order valence-corrected chi connectivity index (χ3v) is 4.54. The molecule has 0 saturated heterocycles. The molecule has 0 aromatic heterocycles. The molecule has 0 bridgehead atoms. The van der Waals surface area contributed by atoms with Crippen LogP contribution in [0.3, 0.4) is 0 Å². The van der Waals surface area contributed by atoms with Gasteiger partial charge < -0.3 is 14.9 Å². The van der Waals surface area contributed by atoms with Crippen molar-refractivity contribution in [3.8, 4) is 28.4 Å². The topological polar surface area (TPSA) is 62.0 Å². The maximum atomic E-state index is 10.3. The molecule has 1 aliphatic heterocycles. The van der Waals surface area contributed by atoms with Crippen LogP contribution < -0.4 is 4.74 Å². The lowest BCUT2D eigenvalue weighted by Crippen LogP contribution is -2.05. The minimum Gasteiger partial charge on any atom is -0.507 e. The number of hydrogen-bond donors (Lipinski definition) is 2. The number of aromatic hydroxyl groups is 2. The van der Waals surface area contributed by atoms with Crippen molar-refractivity contribution < 1.29 is 14.9 Å². The third kappa shape index (κ3) is 2.11. The Balaban J connectivity index is 2.06.